The van der Waals surface area contributed by atoms with Crippen molar-refractivity contribution in [2.45, 2.75) is 6.17 Å². The Morgan fingerprint density at radius 2 is 1.67 bits per heavy atom. The molecular formula is C11H14N4O3. The van der Waals surface area contributed by atoms with Crippen LogP contribution in [0.3, 0.4) is 0 Å². The number of carbonyl (C=O) groups is 2. The zero-order valence-electron chi connectivity index (χ0n) is 10.0. The number of rotatable bonds is 2. The number of aromatic carboxylic acids is 1. The van der Waals surface area contributed by atoms with Crippen LogP contribution in [0.5, 0.6) is 0 Å². The summed E-state index contributed by atoms with van der Waals surface area (Å²) in [6.07, 6.45) is -0.277. The molecule has 7 heteroatoms. The quantitative estimate of drug-likeness (QED) is 0.707. The monoisotopic (exact) mass is 250 g/mol. The average molecular weight is 250 g/mol. The van der Waals surface area contributed by atoms with Gasteiger partial charge < -0.3 is 5.11 Å². The SMILES string of the molecule is CN1NC(c2ccc(C(=O)O)cc2)NN(C)C1=O. The molecule has 0 aromatic heterocycles. The first-order valence-corrected chi connectivity index (χ1v) is 5.36. The van der Waals surface area contributed by atoms with E-state index in [1.54, 1.807) is 26.2 Å². The molecule has 1 aliphatic rings. The summed E-state index contributed by atoms with van der Waals surface area (Å²) < 4.78 is 0. The summed E-state index contributed by atoms with van der Waals surface area (Å²) in [6, 6.07) is 6.25. The molecule has 7 nitrogen and oxygen atoms in total. The molecule has 0 radical (unpaired) electrons. The van der Waals surface area contributed by atoms with Gasteiger partial charge >= 0.3 is 12.0 Å². The van der Waals surface area contributed by atoms with Gasteiger partial charge in [-0.15, -0.1) is 0 Å². The normalized spacial score (nSPS) is 17.1. The topological polar surface area (TPSA) is 84.9 Å². The van der Waals surface area contributed by atoms with Gasteiger partial charge in [-0.3, -0.25) is 10.0 Å². The minimum Gasteiger partial charge on any atom is -0.478 e. The van der Waals surface area contributed by atoms with E-state index in [9.17, 15) is 9.59 Å². The van der Waals surface area contributed by atoms with Crippen molar-refractivity contribution >= 4 is 12.0 Å². The van der Waals surface area contributed by atoms with Crippen LogP contribution in [0.25, 0.3) is 0 Å². The molecule has 0 saturated carbocycles. The molecule has 0 spiro atoms. The van der Waals surface area contributed by atoms with E-state index < -0.39 is 5.97 Å². The van der Waals surface area contributed by atoms with E-state index in [1.165, 1.54) is 22.2 Å². The Bertz CT molecular complexity index is 460. The van der Waals surface area contributed by atoms with Crippen molar-refractivity contribution < 1.29 is 14.7 Å². The number of carboxylic acid groups (broad SMARTS) is 1. The van der Waals surface area contributed by atoms with E-state index in [1.807, 2.05) is 0 Å². The summed E-state index contributed by atoms with van der Waals surface area (Å²) in [6.45, 7) is 0. The van der Waals surface area contributed by atoms with Crippen LogP contribution in [0.1, 0.15) is 22.1 Å². The van der Waals surface area contributed by atoms with Gasteiger partial charge in [-0.05, 0) is 17.7 Å². The number of amides is 2. The maximum atomic E-state index is 11.5. The highest BCUT2D eigenvalue weighted by molar-refractivity contribution is 5.87. The molecule has 0 unspecified atom stereocenters. The molecule has 2 amide bonds. The first-order chi connectivity index (χ1) is 8.49. The highest BCUT2D eigenvalue weighted by atomic mass is 16.4. The van der Waals surface area contributed by atoms with Gasteiger partial charge in [0.2, 0.25) is 0 Å². The highest BCUT2D eigenvalue weighted by Gasteiger charge is 2.26. The number of carboxylic acids is 1. The maximum Gasteiger partial charge on any atom is 0.348 e. The maximum absolute atomic E-state index is 11.5. The van der Waals surface area contributed by atoms with Crippen molar-refractivity contribution in [3.63, 3.8) is 0 Å². The molecule has 1 aromatic rings. The summed E-state index contributed by atoms with van der Waals surface area (Å²) in [5.74, 6) is -0.962. The van der Waals surface area contributed by atoms with E-state index in [2.05, 4.69) is 10.9 Å². The number of hydrogen-bond acceptors (Lipinski definition) is 4. The molecule has 96 valence electrons. The van der Waals surface area contributed by atoms with Gasteiger partial charge in [0.1, 0.15) is 6.17 Å². The van der Waals surface area contributed by atoms with Gasteiger partial charge in [-0.2, -0.15) is 0 Å². The Kier molecular flexibility index (Phi) is 3.17. The van der Waals surface area contributed by atoms with Crippen molar-refractivity contribution in [2.75, 3.05) is 14.1 Å². The number of nitrogens with one attached hydrogen (secondary N) is 2. The highest BCUT2D eigenvalue weighted by Crippen LogP contribution is 2.15. The number of benzene rings is 1. The van der Waals surface area contributed by atoms with Gasteiger partial charge in [-0.25, -0.2) is 20.4 Å². The molecule has 1 fully saturated rings. The number of urea groups is 1. The minimum atomic E-state index is -0.962. The van der Waals surface area contributed by atoms with Gasteiger partial charge in [0.05, 0.1) is 5.56 Å². The smallest absolute Gasteiger partial charge is 0.348 e. The Hall–Kier alpha value is -2.12. The lowest BCUT2D eigenvalue weighted by Crippen LogP contribution is -2.62. The largest absolute Gasteiger partial charge is 0.478 e. The molecule has 0 aliphatic carbocycles. The van der Waals surface area contributed by atoms with Crippen LogP contribution in [-0.4, -0.2) is 41.2 Å². The Morgan fingerprint density at radius 3 is 2.11 bits per heavy atom. The van der Waals surface area contributed by atoms with E-state index in [0.717, 1.165) is 5.56 Å². The van der Waals surface area contributed by atoms with E-state index in [0.29, 0.717) is 0 Å². The summed E-state index contributed by atoms with van der Waals surface area (Å²) in [4.78, 5) is 22.2. The molecular weight excluding hydrogens is 236 g/mol. The third-order valence-electron chi connectivity index (χ3n) is 2.71. The molecule has 3 N–H and O–H groups in total. The van der Waals surface area contributed by atoms with Gasteiger partial charge in [0.25, 0.3) is 0 Å². The molecule has 0 bridgehead atoms. The van der Waals surface area contributed by atoms with Crippen molar-refractivity contribution in [1.82, 2.24) is 20.9 Å². The number of carbonyl (C=O) groups excluding carboxylic acids is 1. The van der Waals surface area contributed by atoms with Crippen LogP contribution < -0.4 is 10.9 Å². The summed E-state index contributed by atoms with van der Waals surface area (Å²) >= 11 is 0. The van der Waals surface area contributed by atoms with Crippen molar-refractivity contribution in [1.29, 1.82) is 0 Å². The Labute approximate surface area is 104 Å². The van der Waals surface area contributed by atoms with Gasteiger partial charge in [-0.1, -0.05) is 12.1 Å². The average Bonchev–Trinajstić information content (AvgIpc) is 2.35. The fraction of sp³-hybridized carbons (Fsp3) is 0.273. The molecule has 1 aromatic carbocycles. The second-order valence-electron chi connectivity index (χ2n) is 4.02. The standard InChI is InChI=1S/C11H14N4O3/c1-14-11(18)15(2)13-9(12-14)7-3-5-8(6-4-7)10(16)17/h3-6,9,12-13H,1-2H3,(H,16,17). The minimum absolute atomic E-state index is 0.201. The fourth-order valence-electron chi connectivity index (χ4n) is 1.72. The molecule has 18 heavy (non-hydrogen) atoms. The second-order valence-corrected chi connectivity index (χ2v) is 4.02. The van der Waals surface area contributed by atoms with Crippen LogP contribution in [0.4, 0.5) is 4.79 Å². The first-order valence-electron chi connectivity index (χ1n) is 5.36. The fourth-order valence-corrected chi connectivity index (χ4v) is 1.72. The Balaban J connectivity index is 2.17. The lowest BCUT2D eigenvalue weighted by Gasteiger charge is -2.38. The van der Waals surface area contributed by atoms with Gasteiger partial charge in [0.15, 0.2) is 0 Å². The van der Waals surface area contributed by atoms with Crippen LogP contribution in [-0.2, 0) is 0 Å². The molecule has 1 aliphatic heterocycles. The van der Waals surface area contributed by atoms with E-state index in [4.69, 9.17) is 5.11 Å². The van der Waals surface area contributed by atoms with Crippen molar-refractivity contribution in [3.05, 3.63) is 35.4 Å². The zero-order chi connectivity index (χ0) is 13.3. The van der Waals surface area contributed by atoms with Crippen molar-refractivity contribution in [3.8, 4) is 0 Å². The molecule has 1 saturated heterocycles. The Morgan fingerprint density at radius 1 is 1.17 bits per heavy atom. The third-order valence-corrected chi connectivity index (χ3v) is 2.71. The predicted molar refractivity (Wildman–Crippen MR) is 63.3 cm³/mol. The number of hydrogen-bond donors (Lipinski definition) is 3. The van der Waals surface area contributed by atoms with E-state index >= 15 is 0 Å². The van der Waals surface area contributed by atoms with Crippen molar-refractivity contribution in [2.24, 2.45) is 0 Å². The second kappa shape index (κ2) is 4.63. The lowest BCUT2D eigenvalue weighted by molar-refractivity contribution is 0.0580. The number of hydrazine groups is 2. The van der Waals surface area contributed by atoms with Crippen LogP contribution >= 0.6 is 0 Å². The predicted octanol–water partition coefficient (Wildman–Crippen LogP) is 0.390. The molecule has 2 rings (SSSR count). The van der Waals surface area contributed by atoms with Crippen LogP contribution in [0.2, 0.25) is 0 Å². The summed E-state index contributed by atoms with van der Waals surface area (Å²) in [5.41, 5.74) is 6.96. The summed E-state index contributed by atoms with van der Waals surface area (Å²) in [5, 5.41) is 11.5. The van der Waals surface area contributed by atoms with Gasteiger partial charge in [0, 0.05) is 14.1 Å². The van der Waals surface area contributed by atoms with E-state index in [-0.39, 0.29) is 17.8 Å². The number of nitrogens with zero attached hydrogens (tertiary/aromatic N) is 2. The van der Waals surface area contributed by atoms with Crippen LogP contribution in [0, 0.1) is 0 Å². The molecule has 1 heterocycles. The summed E-state index contributed by atoms with van der Waals surface area (Å²) in [7, 11) is 3.25. The third kappa shape index (κ3) is 2.27. The van der Waals surface area contributed by atoms with Crippen LogP contribution in [0.15, 0.2) is 24.3 Å². The molecule has 0 atom stereocenters. The first kappa shape index (κ1) is 12.3. The zero-order valence-corrected chi connectivity index (χ0v) is 10.0. The lowest BCUT2D eigenvalue weighted by atomic mass is 10.1.